The summed E-state index contributed by atoms with van der Waals surface area (Å²) in [6.07, 6.45) is 3.79. The van der Waals surface area contributed by atoms with E-state index in [2.05, 4.69) is 10.3 Å². The molecule has 0 radical (unpaired) electrons. The second-order valence-corrected chi connectivity index (χ2v) is 8.02. The molecule has 0 saturated carbocycles. The van der Waals surface area contributed by atoms with Gasteiger partial charge in [-0.05, 0) is 78.9 Å². The standard InChI is InChI=1S/C21H15Cl2N3OS/c1-13-17(23)5-2-6-18(13)24-21-25-20(27)19(28-21)12-16-4-3-11-26(16)15-9-7-14(22)8-10-15/h2-12H,1H3,(H,24,25,27). The first-order valence-electron chi connectivity index (χ1n) is 8.49. The quantitative estimate of drug-likeness (QED) is 0.522. The van der Waals surface area contributed by atoms with E-state index in [1.807, 2.05) is 78.4 Å². The Morgan fingerprint density at radius 3 is 2.64 bits per heavy atom. The third-order valence-electron chi connectivity index (χ3n) is 4.28. The van der Waals surface area contributed by atoms with Crippen LogP contribution in [0.1, 0.15) is 11.3 Å². The minimum Gasteiger partial charge on any atom is -0.317 e. The van der Waals surface area contributed by atoms with E-state index in [-0.39, 0.29) is 5.91 Å². The maximum absolute atomic E-state index is 12.4. The van der Waals surface area contributed by atoms with Gasteiger partial charge in [0.05, 0.1) is 10.6 Å². The molecule has 1 aliphatic heterocycles. The van der Waals surface area contributed by atoms with Crippen LogP contribution in [0.5, 0.6) is 0 Å². The van der Waals surface area contributed by atoms with Crippen LogP contribution in [0.3, 0.4) is 0 Å². The number of carbonyl (C=O) groups is 1. The van der Waals surface area contributed by atoms with Gasteiger partial charge in [-0.15, -0.1) is 0 Å². The van der Waals surface area contributed by atoms with Gasteiger partial charge in [0, 0.05) is 27.6 Å². The lowest BCUT2D eigenvalue weighted by Crippen LogP contribution is -2.19. The van der Waals surface area contributed by atoms with E-state index in [9.17, 15) is 4.79 Å². The van der Waals surface area contributed by atoms with Crippen molar-refractivity contribution in [3.8, 4) is 5.69 Å². The van der Waals surface area contributed by atoms with Gasteiger partial charge < -0.3 is 9.88 Å². The highest BCUT2D eigenvalue weighted by Gasteiger charge is 2.24. The van der Waals surface area contributed by atoms with E-state index < -0.39 is 0 Å². The highest BCUT2D eigenvalue weighted by molar-refractivity contribution is 8.18. The Hall–Kier alpha value is -2.47. The van der Waals surface area contributed by atoms with Gasteiger partial charge in [0.15, 0.2) is 5.17 Å². The number of amidine groups is 1. The fraction of sp³-hybridized carbons (Fsp3) is 0.0476. The molecule has 1 fully saturated rings. The number of rotatable bonds is 3. The lowest BCUT2D eigenvalue weighted by molar-refractivity contribution is -0.115. The molecule has 140 valence electrons. The number of amides is 1. The number of nitrogens with one attached hydrogen (secondary N) is 1. The van der Waals surface area contributed by atoms with Crippen LogP contribution in [0.25, 0.3) is 11.8 Å². The largest absolute Gasteiger partial charge is 0.317 e. The van der Waals surface area contributed by atoms with Gasteiger partial charge in [0.1, 0.15) is 0 Å². The zero-order valence-corrected chi connectivity index (χ0v) is 17.1. The summed E-state index contributed by atoms with van der Waals surface area (Å²) in [6.45, 7) is 1.90. The predicted molar refractivity (Wildman–Crippen MR) is 118 cm³/mol. The van der Waals surface area contributed by atoms with Crippen molar-refractivity contribution in [1.82, 2.24) is 9.88 Å². The first kappa shape index (κ1) is 18.9. The van der Waals surface area contributed by atoms with Crippen LogP contribution in [0.15, 0.2) is 70.7 Å². The highest BCUT2D eigenvalue weighted by Crippen LogP contribution is 2.31. The second kappa shape index (κ2) is 7.87. The molecule has 28 heavy (non-hydrogen) atoms. The van der Waals surface area contributed by atoms with Gasteiger partial charge in [0.2, 0.25) is 0 Å². The number of hydrogen-bond acceptors (Lipinski definition) is 3. The summed E-state index contributed by atoms with van der Waals surface area (Å²) in [5.74, 6) is -0.174. The summed E-state index contributed by atoms with van der Waals surface area (Å²) in [5, 5.41) is 4.67. The number of aromatic nitrogens is 1. The van der Waals surface area contributed by atoms with E-state index in [0.29, 0.717) is 20.1 Å². The van der Waals surface area contributed by atoms with Crippen molar-refractivity contribution >= 4 is 57.8 Å². The average molecular weight is 428 g/mol. The number of hydrogen-bond donors (Lipinski definition) is 1. The van der Waals surface area contributed by atoms with Crippen molar-refractivity contribution in [2.75, 3.05) is 0 Å². The number of halogens is 2. The summed E-state index contributed by atoms with van der Waals surface area (Å²) in [5.41, 5.74) is 3.47. The molecule has 0 atom stereocenters. The Balaban J connectivity index is 1.63. The molecule has 0 bridgehead atoms. The molecule has 4 rings (SSSR count). The molecule has 4 nitrogen and oxygen atoms in total. The molecule has 2 aromatic carbocycles. The van der Waals surface area contributed by atoms with Crippen molar-refractivity contribution in [2.45, 2.75) is 6.92 Å². The van der Waals surface area contributed by atoms with E-state index in [4.69, 9.17) is 23.2 Å². The third-order valence-corrected chi connectivity index (χ3v) is 5.85. The molecule has 1 aliphatic rings. The molecule has 1 N–H and O–H groups in total. The fourth-order valence-corrected chi connectivity index (χ4v) is 3.90. The van der Waals surface area contributed by atoms with Crippen LogP contribution < -0.4 is 5.32 Å². The van der Waals surface area contributed by atoms with Gasteiger partial charge in [0.25, 0.3) is 5.91 Å². The van der Waals surface area contributed by atoms with E-state index >= 15 is 0 Å². The molecule has 2 heterocycles. The van der Waals surface area contributed by atoms with Crippen molar-refractivity contribution in [3.63, 3.8) is 0 Å². The first-order chi connectivity index (χ1) is 13.5. The highest BCUT2D eigenvalue weighted by atomic mass is 35.5. The average Bonchev–Trinajstić information content (AvgIpc) is 3.27. The van der Waals surface area contributed by atoms with Gasteiger partial charge in [-0.1, -0.05) is 29.3 Å². The number of nitrogens with zero attached hydrogens (tertiary/aromatic N) is 2. The summed E-state index contributed by atoms with van der Waals surface area (Å²) >= 11 is 13.4. The lowest BCUT2D eigenvalue weighted by Gasteiger charge is -2.06. The topological polar surface area (TPSA) is 46.4 Å². The smallest absolute Gasteiger partial charge is 0.264 e. The van der Waals surface area contributed by atoms with E-state index in [0.717, 1.165) is 22.6 Å². The van der Waals surface area contributed by atoms with Crippen molar-refractivity contribution in [3.05, 3.63) is 87.0 Å². The molecule has 7 heteroatoms. The molecule has 3 aromatic rings. The number of carbonyl (C=O) groups excluding carboxylic acids is 1. The molecule has 0 spiro atoms. The SMILES string of the molecule is Cc1c(Cl)cccc1N=C1NC(=O)C(=Cc2cccn2-c2ccc(Cl)cc2)S1. The monoisotopic (exact) mass is 427 g/mol. The van der Waals surface area contributed by atoms with Crippen LogP contribution in [0, 0.1) is 6.92 Å². The molecule has 1 saturated heterocycles. The normalized spacial score (nSPS) is 16.8. The van der Waals surface area contributed by atoms with Gasteiger partial charge in [-0.2, -0.15) is 0 Å². The number of benzene rings is 2. The molecular weight excluding hydrogens is 413 g/mol. The van der Waals surface area contributed by atoms with Crippen LogP contribution in [-0.4, -0.2) is 15.6 Å². The minimum absolute atomic E-state index is 0.174. The molecule has 0 aliphatic carbocycles. The second-order valence-electron chi connectivity index (χ2n) is 6.15. The summed E-state index contributed by atoms with van der Waals surface area (Å²) in [7, 11) is 0. The predicted octanol–water partition coefficient (Wildman–Crippen LogP) is 5.98. The van der Waals surface area contributed by atoms with Gasteiger partial charge >= 0.3 is 0 Å². The lowest BCUT2D eigenvalue weighted by atomic mass is 10.2. The number of aliphatic imine (C=N–C) groups is 1. The minimum atomic E-state index is -0.174. The maximum Gasteiger partial charge on any atom is 0.264 e. The zero-order valence-electron chi connectivity index (χ0n) is 14.8. The Kier molecular flexibility index (Phi) is 5.31. The third kappa shape index (κ3) is 3.87. The molecular formula is C21H15Cl2N3OS. The van der Waals surface area contributed by atoms with Crippen LogP contribution in [-0.2, 0) is 4.79 Å². The maximum atomic E-state index is 12.4. The fourth-order valence-electron chi connectivity index (χ4n) is 2.79. The van der Waals surface area contributed by atoms with Crippen LogP contribution in [0.4, 0.5) is 5.69 Å². The van der Waals surface area contributed by atoms with Gasteiger partial charge in [-0.25, -0.2) is 4.99 Å². The molecule has 1 aromatic heterocycles. The Labute approximate surface area is 176 Å². The van der Waals surface area contributed by atoms with Crippen molar-refractivity contribution < 1.29 is 4.79 Å². The van der Waals surface area contributed by atoms with Crippen LogP contribution >= 0.6 is 35.0 Å². The molecule has 1 amide bonds. The van der Waals surface area contributed by atoms with Gasteiger partial charge in [-0.3, -0.25) is 4.79 Å². The molecule has 0 unspecified atom stereocenters. The summed E-state index contributed by atoms with van der Waals surface area (Å²) in [4.78, 5) is 17.5. The van der Waals surface area contributed by atoms with E-state index in [1.165, 1.54) is 11.8 Å². The number of thioether (sulfide) groups is 1. The zero-order chi connectivity index (χ0) is 19.7. The summed E-state index contributed by atoms with van der Waals surface area (Å²) < 4.78 is 1.99. The summed E-state index contributed by atoms with van der Waals surface area (Å²) in [6, 6.07) is 16.9. The first-order valence-corrected chi connectivity index (χ1v) is 10.1. The van der Waals surface area contributed by atoms with Crippen molar-refractivity contribution in [2.24, 2.45) is 4.99 Å². The Bertz CT molecular complexity index is 1120. The Morgan fingerprint density at radius 2 is 1.86 bits per heavy atom. The van der Waals surface area contributed by atoms with E-state index in [1.54, 1.807) is 0 Å². The Morgan fingerprint density at radius 1 is 1.07 bits per heavy atom. The van der Waals surface area contributed by atoms with Crippen LogP contribution in [0.2, 0.25) is 10.0 Å². The van der Waals surface area contributed by atoms with Crippen molar-refractivity contribution in [1.29, 1.82) is 0 Å².